The number of fused-ring (bicyclic) bond motifs is 3. The molecule has 0 saturated carbocycles. The van der Waals surface area contributed by atoms with Gasteiger partial charge in [0.1, 0.15) is 0 Å². The number of rotatable bonds is 2. The van der Waals surface area contributed by atoms with E-state index in [2.05, 4.69) is 57.6 Å². The summed E-state index contributed by atoms with van der Waals surface area (Å²) in [7, 11) is 0. The molecule has 0 radical (unpaired) electrons. The van der Waals surface area contributed by atoms with Gasteiger partial charge in [-0.05, 0) is 42.7 Å². The molecule has 0 atom stereocenters. The minimum Gasteiger partial charge on any atom is -0.332 e. The van der Waals surface area contributed by atoms with Crippen LogP contribution in [0.3, 0.4) is 0 Å². The first-order chi connectivity index (χ1) is 10.3. The van der Waals surface area contributed by atoms with Crippen LogP contribution in [0.1, 0.15) is 10.4 Å². The van der Waals surface area contributed by atoms with Crippen molar-refractivity contribution in [3.63, 3.8) is 0 Å². The Morgan fingerprint density at radius 1 is 1.00 bits per heavy atom. The fraction of sp³-hybridized carbons (Fsp3) is 0.118. The van der Waals surface area contributed by atoms with E-state index >= 15 is 0 Å². The molecule has 104 valence electrons. The van der Waals surface area contributed by atoms with Gasteiger partial charge in [0.25, 0.3) is 0 Å². The number of nitrogens with zero attached hydrogens (tertiary/aromatic N) is 1. The minimum absolute atomic E-state index is 0.971. The average molecular weight is 357 g/mol. The van der Waals surface area contributed by atoms with Crippen molar-refractivity contribution in [2.45, 2.75) is 12.8 Å². The molecule has 1 aliphatic rings. The van der Waals surface area contributed by atoms with E-state index in [0.717, 1.165) is 33.8 Å². The van der Waals surface area contributed by atoms with Crippen molar-refractivity contribution in [2.75, 3.05) is 5.32 Å². The monoisotopic (exact) mass is 356 g/mol. The van der Waals surface area contributed by atoms with Gasteiger partial charge in [-0.15, -0.1) is 11.3 Å². The van der Waals surface area contributed by atoms with Crippen LogP contribution in [0, 0.1) is 0 Å². The molecule has 0 aliphatic heterocycles. The fourth-order valence-corrected chi connectivity index (χ4v) is 3.92. The van der Waals surface area contributed by atoms with E-state index in [1.54, 1.807) is 11.3 Å². The van der Waals surface area contributed by atoms with Crippen LogP contribution in [-0.4, -0.2) is 4.98 Å². The van der Waals surface area contributed by atoms with Gasteiger partial charge in [0, 0.05) is 20.6 Å². The summed E-state index contributed by atoms with van der Waals surface area (Å²) >= 11 is 5.22. The number of anilines is 2. The molecular weight excluding hydrogens is 344 g/mol. The van der Waals surface area contributed by atoms with E-state index in [0.29, 0.717) is 0 Å². The van der Waals surface area contributed by atoms with Gasteiger partial charge >= 0.3 is 0 Å². The number of nitrogens with one attached hydrogen (secondary N) is 1. The molecule has 0 spiro atoms. The third-order valence-electron chi connectivity index (χ3n) is 3.69. The first-order valence-electron chi connectivity index (χ1n) is 6.90. The van der Waals surface area contributed by atoms with Crippen molar-refractivity contribution in [1.29, 1.82) is 0 Å². The van der Waals surface area contributed by atoms with Gasteiger partial charge in [0.15, 0.2) is 5.13 Å². The lowest BCUT2D eigenvalue weighted by Gasteiger charge is -2.13. The highest BCUT2D eigenvalue weighted by atomic mass is 79.9. The summed E-state index contributed by atoms with van der Waals surface area (Å²) in [5, 5.41) is 4.38. The molecule has 1 aromatic heterocycles. The maximum Gasteiger partial charge on any atom is 0.187 e. The lowest BCUT2D eigenvalue weighted by molar-refractivity contribution is 0.955. The summed E-state index contributed by atoms with van der Waals surface area (Å²) in [6.45, 7) is 0. The van der Waals surface area contributed by atoms with Crippen LogP contribution < -0.4 is 5.32 Å². The van der Waals surface area contributed by atoms with Crippen LogP contribution in [0.2, 0.25) is 0 Å². The molecule has 0 amide bonds. The van der Waals surface area contributed by atoms with Gasteiger partial charge in [-0.25, -0.2) is 4.98 Å². The van der Waals surface area contributed by atoms with Crippen LogP contribution in [0.25, 0.3) is 11.3 Å². The highest BCUT2D eigenvalue weighted by molar-refractivity contribution is 9.10. The molecule has 4 rings (SSSR count). The smallest absolute Gasteiger partial charge is 0.187 e. The lowest BCUT2D eigenvalue weighted by Crippen LogP contribution is -2.01. The third kappa shape index (κ3) is 2.49. The molecule has 0 unspecified atom stereocenters. The zero-order valence-corrected chi connectivity index (χ0v) is 13.7. The topological polar surface area (TPSA) is 24.9 Å². The average Bonchev–Trinajstić information content (AvgIpc) is 2.92. The number of halogens is 1. The van der Waals surface area contributed by atoms with Crippen LogP contribution in [0.4, 0.5) is 10.8 Å². The van der Waals surface area contributed by atoms with Gasteiger partial charge in [0.05, 0.1) is 5.69 Å². The molecule has 21 heavy (non-hydrogen) atoms. The first-order valence-corrected chi connectivity index (χ1v) is 8.51. The van der Waals surface area contributed by atoms with Crippen LogP contribution in [0.5, 0.6) is 0 Å². The van der Waals surface area contributed by atoms with Crippen molar-refractivity contribution in [3.8, 4) is 11.3 Å². The second-order valence-electron chi connectivity index (χ2n) is 5.08. The molecule has 2 nitrogen and oxygen atoms in total. The Bertz CT molecular complexity index is 793. The Hall–Kier alpha value is -1.65. The molecule has 1 N–H and O–H groups in total. The number of hydrogen-bond donors (Lipinski definition) is 1. The van der Waals surface area contributed by atoms with Crippen LogP contribution in [-0.2, 0) is 12.8 Å². The second kappa shape index (κ2) is 5.28. The lowest BCUT2D eigenvalue weighted by atomic mass is 9.94. The molecule has 4 heteroatoms. The fourth-order valence-electron chi connectivity index (χ4n) is 2.66. The maximum atomic E-state index is 4.81. The van der Waals surface area contributed by atoms with E-state index in [1.165, 1.54) is 16.0 Å². The minimum atomic E-state index is 0.971. The quantitative estimate of drug-likeness (QED) is 0.663. The van der Waals surface area contributed by atoms with E-state index in [9.17, 15) is 0 Å². The van der Waals surface area contributed by atoms with Gasteiger partial charge in [-0.1, -0.05) is 40.2 Å². The number of thiazole rings is 1. The number of aromatic nitrogens is 1. The molecule has 3 aromatic rings. The molecule has 1 aliphatic carbocycles. The Labute approximate surface area is 136 Å². The number of hydrogen-bond acceptors (Lipinski definition) is 3. The first kappa shape index (κ1) is 13.0. The summed E-state index contributed by atoms with van der Waals surface area (Å²) in [6, 6.07) is 16.8. The van der Waals surface area contributed by atoms with Gasteiger partial charge in [0.2, 0.25) is 0 Å². The predicted octanol–water partition coefficient (Wildman–Crippen LogP) is 5.41. The third-order valence-corrected chi connectivity index (χ3v) is 5.25. The second-order valence-corrected chi connectivity index (χ2v) is 7.08. The highest BCUT2D eigenvalue weighted by Crippen LogP contribution is 2.38. The van der Waals surface area contributed by atoms with E-state index in [1.807, 2.05) is 12.1 Å². The standard InChI is InChI=1S/C17H13BrN2S/c18-12-6-8-13(9-7-12)19-17-20-16-14-4-2-1-3-11(14)5-10-15(16)21-17/h1-4,6-9H,5,10H2,(H,19,20). The largest absolute Gasteiger partial charge is 0.332 e. The molecule has 2 aromatic carbocycles. The van der Waals surface area contributed by atoms with E-state index in [4.69, 9.17) is 4.98 Å². The zero-order valence-electron chi connectivity index (χ0n) is 11.3. The van der Waals surface area contributed by atoms with Crippen LogP contribution in [0.15, 0.2) is 53.0 Å². The molecule has 1 heterocycles. The van der Waals surface area contributed by atoms with Crippen molar-refractivity contribution < 1.29 is 0 Å². The van der Waals surface area contributed by atoms with Gasteiger partial charge < -0.3 is 5.32 Å². The number of benzene rings is 2. The normalized spacial score (nSPS) is 12.6. The SMILES string of the molecule is Brc1ccc(Nc2nc3c(s2)CCc2ccccc2-3)cc1. The maximum absolute atomic E-state index is 4.81. The van der Waals surface area contributed by atoms with Gasteiger partial charge in [-0.3, -0.25) is 0 Å². The van der Waals surface area contributed by atoms with Crippen molar-refractivity contribution >= 4 is 38.1 Å². The zero-order chi connectivity index (χ0) is 14.2. The summed E-state index contributed by atoms with van der Waals surface area (Å²) < 4.78 is 1.08. The molecular formula is C17H13BrN2S. The summed E-state index contributed by atoms with van der Waals surface area (Å²) in [5.41, 5.74) is 4.92. The van der Waals surface area contributed by atoms with E-state index in [-0.39, 0.29) is 0 Å². The van der Waals surface area contributed by atoms with E-state index < -0.39 is 0 Å². The highest BCUT2D eigenvalue weighted by Gasteiger charge is 2.20. The van der Waals surface area contributed by atoms with Crippen molar-refractivity contribution in [1.82, 2.24) is 4.98 Å². The summed E-state index contributed by atoms with van der Waals surface area (Å²) in [6.07, 6.45) is 2.20. The molecule has 0 saturated heterocycles. The Morgan fingerprint density at radius 3 is 2.67 bits per heavy atom. The predicted molar refractivity (Wildman–Crippen MR) is 92.4 cm³/mol. The Balaban J connectivity index is 1.68. The van der Waals surface area contributed by atoms with Crippen molar-refractivity contribution in [2.24, 2.45) is 0 Å². The molecule has 0 bridgehead atoms. The van der Waals surface area contributed by atoms with Crippen molar-refractivity contribution in [3.05, 3.63) is 63.4 Å². The number of aryl methyl sites for hydroxylation is 2. The summed E-state index contributed by atoms with van der Waals surface area (Å²) in [4.78, 5) is 6.19. The summed E-state index contributed by atoms with van der Waals surface area (Å²) in [5.74, 6) is 0. The Kier molecular flexibility index (Phi) is 3.28. The van der Waals surface area contributed by atoms with Gasteiger partial charge in [-0.2, -0.15) is 0 Å². The molecule has 0 fully saturated rings. The Morgan fingerprint density at radius 2 is 1.81 bits per heavy atom. The van der Waals surface area contributed by atoms with Crippen LogP contribution >= 0.6 is 27.3 Å².